The summed E-state index contributed by atoms with van der Waals surface area (Å²) in [5.41, 5.74) is 6.85. The van der Waals surface area contributed by atoms with Gasteiger partial charge in [0.25, 0.3) is 0 Å². The smallest absolute Gasteiger partial charge is 0.320 e. The number of carbonyl (C=O) groups is 1. The Morgan fingerprint density at radius 3 is 2.47 bits per heavy atom. The molecule has 0 aromatic heterocycles. The number of anilines is 1. The molecule has 0 radical (unpaired) electrons. The molecule has 38 heavy (non-hydrogen) atoms. The van der Waals surface area contributed by atoms with Gasteiger partial charge in [-0.1, -0.05) is 42.0 Å². The minimum Gasteiger partial charge on any atom is -0.489 e. The Kier molecular flexibility index (Phi) is 9.41. The van der Waals surface area contributed by atoms with E-state index in [0.717, 1.165) is 10.6 Å². The summed E-state index contributed by atoms with van der Waals surface area (Å²) >= 11 is 6.41. The maximum atomic E-state index is 12.9. The molecule has 0 unspecified atom stereocenters. The van der Waals surface area contributed by atoms with Crippen molar-refractivity contribution < 1.29 is 31.5 Å². The van der Waals surface area contributed by atoms with Crippen LogP contribution >= 0.6 is 11.6 Å². The predicted octanol–water partition coefficient (Wildman–Crippen LogP) is 2.36. The van der Waals surface area contributed by atoms with E-state index >= 15 is 0 Å². The Balaban J connectivity index is 1.79. The van der Waals surface area contributed by atoms with Crippen molar-refractivity contribution in [1.29, 1.82) is 5.41 Å². The van der Waals surface area contributed by atoms with Gasteiger partial charge in [0.2, 0.25) is 20.0 Å². The summed E-state index contributed by atoms with van der Waals surface area (Å²) in [5, 5.41) is 16.8. The van der Waals surface area contributed by atoms with E-state index in [9.17, 15) is 21.6 Å². The van der Waals surface area contributed by atoms with Gasteiger partial charge < -0.3 is 15.6 Å². The number of nitrogen functional groups attached to an aromatic ring is 1. The van der Waals surface area contributed by atoms with Crippen LogP contribution in [0.4, 0.5) is 5.69 Å². The number of hydrogen-bond acceptors (Lipinski definition) is 7. The molecule has 206 valence electrons. The van der Waals surface area contributed by atoms with Crippen molar-refractivity contribution in [2.24, 2.45) is 5.73 Å². The van der Waals surface area contributed by atoms with E-state index in [-0.39, 0.29) is 29.2 Å². The van der Waals surface area contributed by atoms with Gasteiger partial charge in [0.05, 0.1) is 23.5 Å². The molecular formula is C24H29ClN4O7S2. The van der Waals surface area contributed by atoms with E-state index in [2.05, 4.69) is 0 Å². The topological polar surface area (TPSA) is 171 Å². The Hall–Kier alpha value is -3.13. The van der Waals surface area contributed by atoms with Crippen LogP contribution in [-0.4, -0.2) is 75.8 Å². The Labute approximate surface area is 227 Å². The van der Waals surface area contributed by atoms with E-state index in [0.29, 0.717) is 42.8 Å². The van der Waals surface area contributed by atoms with Gasteiger partial charge >= 0.3 is 5.97 Å². The van der Waals surface area contributed by atoms with Crippen molar-refractivity contribution in [3.05, 3.63) is 64.7 Å². The van der Waals surface area contributed by atoms with Crippen molar-refractivity contribution in [2.45, 2.75) is 18.9 Å². The van der Waals surface area contributed by atoms with Crippen LogP contribution in [0.25, 0.3) is 6.08 Å². The number of hydrogen-bond donors (Lipinski definition) is 3. The average Bonchev–Trinajstić information content (AvgIpc) is 2.82. The van der Waals surface area contributed by atoms with E-state index in [1.54, 1.807) is 36.4 Å². The van der Waals surface area contributed by atoms with E-state index in [1.807, 2.05) is 0 Å². The van der Waals surface area contributed by atoms with Crippen LogP contribution in [0.15, 0.2) is 48.5 Å². The van der Waals surface area contributed by atoms with Crippen molar-refractivity contribution in [1.82, 2.24) is 4.31 Å². The van der Waals surface area contributed by atoms with E-state index in [1.165, 1.54) is 22.5 Å². The summed E-state index contributed by atoms with van der Waals surface area (Å²) in [6.45, 7) is 0.463. The van der Waals surface area contributed by atoms with Gasteiger partial charge in [-0.25, -0.2) is 21.1 Å². The Morgan fingerprint density at radius 2 is 1.89 bits per heavy atom. The summed E-state index contributed by atoms with van der Waals surface area (Å²) in [6.07, 6.45) is 5.02. The molecule has 2 aromatic carbocycles. The fourth-order valence-electron chi connectivity index (χ4n) is 3.91. The number of nitrogens with two attached hydrogens (primary N) is 1. The minimum atomic E-state index is -4.26. The molecule has 1 fully saturated rings. The summed E-state index contributed by atoms with van der Waals surface area (Å²) in [7, 11) is -7.53. The zero-order chi connectivity index (χ0) is 28.1. The number of carboxylic acids is 1. The molecule has 1 saturated heterocycles. The molecule has 1 aliphatic heterocycles. The zero-order valence-corrected chi connectivity index (χ0v) is 23.0. The highest BCUT2D eigenvalue weighted by Crippen LogP contribution is 2.33. The maximum absolute atomic E-state index is 12.9. The summed E-state index contributed by atoms with van der Waals surface area (Å²) < 4.78 is 57.5. The number of carboxylic acid groups (broad SMARTS) is 1. The van der Waals surface area contributed by atoms with Gasteiger partial charge in [0.15, 0.2) is 5.75 Å². The second-order valence-corrected chi connectivity index (χ2v) is 13.0. The standard InChI is InChI=1S/C24H29ClN4O7S2/c1-37(32,33)28-12-9-20(10-13-28)36-22-8-7-19(15-21(22)25)29(38(34,35)16-23(30)31)11-3-5-17-4-2-6-18(14-17)24(26)27/h2-8,14-15,20H,9-13,16H2,1H3,(H3,26,27)(H,30,31). The minimum absolute atomic E-state index is 0.108. The first kappa shape index (κ1) is 29.4. The lowest BCUT2D eigenvalue weighted by atomic mass is 10.1. The van der Waals surface area contributed by atoms with Crippen LogP contribution in [0, 0.1) is 5.41 Å². The number of halogens is 1. The molecule has 1 heterocycles. The number of aliphatic carboxylic acids is 1. The molecule has 4 N–H and O–H groups in total. The lowest BCUT2D eigenvalue weighted by Gasteiger charge is -2.31. The van der Waals surface area contributed by atoms with Crippen LogP contribution in [0.1, 0.15) is 24.0 Å². The normalized spacial score (nSPS) is 15.4. The van der Waals surface area contributed by atoms with Gasteiger partial charge in [-0.2, -0.15) is 0 Å². The van der Waals surface area contributed by atoms with Crippen LogP contribution in [0.5, 0.6) is 5.75 Å². The van der Waals surface area contributed by atoms with Crippen LogP contribution in [0.2, 0.25) is 5.02 Å². The monoisotopic (exact) mass is 584 g/mol. The number of sulfonamides is 2. The van der Waals surface area contributed by atoms with Crippen LogP contribution < -0.4 is 14.8 Å². The van der Waals surface area contributed by atoms with Crippen LogP contribution in [0.3, 0.4) is 0 Å². The summed E-state index contributed by atoms with van der Waals surface area (Å²) in [5.74, 6) is -2.42. The fourth-order valence-corrected chi connectivity index (χ4v) is 6.22. The van der Waals surface area contributed by atoms with Crippen molar-refractivity contribution in [3.8, 4) is 5.75 Å². The third-order valence-electron chi connectivity index (χ3n) is 5.79. The van der Waals surface area contributed by atoms with E-state index in [4.69, 9.17) is 32.6 Å². The molecule has 0 aliphatic carbocycles. The molecule has 1 aliphatic rings. The molecule has 3 rings (SSSR count). The van der Waals surface area contributed by atoms with Gasteiger partial charge in [-0.15, -0.1) is 0 Å². The van der Waals surface area contributed by atoms with Crippen molar-refractivity contribution >= 4 is 55.2 Å². The number of piperidine rings is 1. The quantitative estimate of drug-likeness (QED) is 0.267. The molecule has 14 heteroatoms. The fraction of sp³-hybridized carbons (Fsp3) is 0.333. The number of amidine groups is 1. The van der Waals surface area contributed by atoms with Crippen LogP contribution in [-0.2, 0) is 24.8 Å². The number of rotatable bonds is 11. The molecule has 0 atom stereocenters. The summed E-state index contributed by atoms with van der Waals surface area (Å²) in [4.78, 5) is 11.2. The number of benzene rings is 2. The highest BCUT2D eigenvalue weighted by molar-refractivity contribution is 7.93. The average molecular weight is 585 g/mol. The Morgan fingerprint density at radius 1 is 1.21 bits per heavy atom. The summed E-state index contributed by atoms with van der Waals surface area (Å²) in [6, 6.07) is 11.1. The second kappa shape index (κ2) is 12.2. The first-order valence-corrected chi connectivity index (χ1v) is 15.3. The molecule has 0 spiro atoms. The molecule has 0 amide bonds. The largest absolute Gasteiger partial charge is 0.489 e. The molecular weight excluding hydrogens is 556 g/mol. The highest BCUT2D eigenvalue weighted by Gasteiger charge is 2.28. The van der Waals surface area contributed by atoms with Gasteiger partial charge in [0, 0.05) is 18.7 Å². The molecule has 11 nitrogen and oxygen atoms in total. The SMILES string of the molecule is CS(=O)(=O)N1CCC(Oc2ccc(N(CC=Cc3cccc(C(=N)N)c3)S(=O)(=O)CC(=O)O)cc2Cl)CC1. The first-order valence-electron chi connectivity index (χ1n) is 11.5. The van der Waals surface area contributed by atoms with Crippen molar-refractivity contribution in [3.63, 3.8) is 0 Å². The molecule has 0 saturated carbocycles. The number of ether oxygens (including phenoxy) is 1. The van der Waals surface area contributed by atoms with Gasteiger partial charge in [-0.3, -0.25) is 14.5 Å². The second-order valence-electron chi connectivity index (χ2n) is 8.72. The highest BCUT2D eigenvalue weighted by atomic mass is 35.5. The number of nitrogens with one attached hydrogen (secondary N) is 1. The molecule has 2 aromatic rings. The zero-order valence-electron chi connectivity index (χ0n) is 20.6. The van der Waals surface area contributed by atoms with E-state index < -0.39 is 31.8 Å². The Bertz CT molecular complexity index is 1440. The maximum Gasteiger partial charge on any atom is 0.320 e. The van der Waals surface area contributed by atoms with Gasteiger partial charge in [-0.05, 0) is 42.7 Å². The number of nitrogens with zero attached hydrogens (tertiary/aromatic N) is 2. The molecule has 0 bridgehead atoms. The lowest BCUT2D eigenvalue weighted by Crippen LogP contribution is -2.41. The van der Waals surface area contributed by atoms with Crippen molar-refractivity contribution in [2.75, 3.05) is 35.9 Å². The van der Waals surface area contributed by atoms with Gasteiger partial charge in [0.1, 0.15) is 17.7 Å². The first-order chi connectivity index (χ1) is 17.8. The lowest BCUT2D eigenvalue weighted by molar-refractivity contribution is -0.134. The third kappa shape index (κ3) is 7.93. The third-order valence-corrected chi connectivity index (χ3v) is 9.03. The predicted molar refractivity (Wildman–Crippen MR) is 147 cm³/mol.